The van der Waals surface area contributed by atoms with Gasteiger partial charge in [-0.15, -0.1) is 0 Å². The van der Waals surface area contributed by atoms with Crippen LogP contribution in [0.2, 0.25) is 0 Å². The fraction of sp³-hybridized carbons (Fsp3) is 0.727. The summed E-state index contributed by atoms with van der Waals surface area (Å²) in [6, 6.07) is 0. The summed E-state index contributed by atoms with van der Waals surface area (Å²) in [7, 11) is 2.05. The van der Waals surface area contributed by atoms with E-state index >= 15 is 0 Å². The molecule has 0 saturated carbocycles. The Bertz CT molecular complexity index is 285. The van der Waals surface area contributed by atoms with Gasteiger partial charge in [0.2, 0.25) is 0 Å². The first-order valence-corrected chi connectivity index (χ1v) is 5.16. The Morgan fingerprint density at radius 3 is 2.23 bits per heavy atom. The fourth-order valence-electron chi connectivity index (χ4n) is 2.03. The van der Waals surface area contributed by atoms with Gasteiger partial charge in [0.15, 0.2) is 0 Å². The number of rotatable bonds is 3. The molecule has 1 heterocycles. The van der Waals surface area contributed by atoms with Crippen LogP contribution in [-0.4, -0.2) is 9.78 Å². The van der Waals surface area contributed by atoms with E-state index in [1.807, 2.05) is 11.7 Å². The van der Waals surface area contributed by atoms with Crippen LogP contribution in [0.15, 0.2) is 0 Å². The summed E-state index contributed by atoms with van der Waals surface area (Å²) >= 11 is 0. The Kier molecular flexibility index (Phi) is 3.12. The van der Waals surface area contributed by atoms with E-state index in [0.29, 0.717) is 5.92 Å². The molecule has 1 aromatic heterocycles. The molecule has 0 saturated heterocycles. The molecule has 0 aliphatic rings. The first kappa shape index (κ1) is 10.3. The largest absolute Gasteiger partial charge is 0.272 e. The van der Waals surface area contributed by atoms with E-state index in [9.17, 15) is 0 Å². The molecular formula is C11H20N2. The maximum atomic E-state index is 4.54. The highest BCUT2D eigenvalue weighted by Crippen LogP contribution is 2.22. The van der Waals surface area contributed by atoms with Gasteiger partial charge in [-0.1, -0.05) is 27.7 Å². The van der Waals surface area contributed by atoms with Crippen LogP contribution in [0, 0.1) is 0 Å². The van der Waals surface area contributed by atoms with Crippen LogP contribution < -0.4 is 0 Å². The summed E-state index contributed by atoms with van der Waals surface area (Å²) in [5, 5.41) is 4.54. The number of aromatic nitrogens is 2. The molecule has 1 aromatic rings. The van der Waals surface area contributed by atoms with E-state index in [0.717, 1.165) is 12.8 Å². The predicted molar refractivity (Wildman–Crippen MR) is 56.1 cm³/mol. The van der Waals surface area contributed by atoms with Gasteiger partial charge >= 0.3 is 0 Å². The Morgan fingerprint density at radius 1 is 1.23 bits per heavy atom. The number of hydrogen-bond donors (Lipinski definition) is 0. The lowest BCUT2D eigenvalue weighted by Crippen LogP contribution is -2.01. The van der Waals surface area contributed by atoms with Gasteiger partial charge in [-0.3, -0.25) is 4.68 Å². The Hall–Kier alpha value is -0.790. The summed E-state index contributed by atoms with van der Waals surface area (Å²) in [5.41, 5.74) is 4.13. The molecule has 1 rings (SSSR count). The third-order valence-electron chi connectivity index (χ3n) is 2.51. The van der Waals surface area contributed by atoms with Gasteiger partial charge in [-0.05, 0) is 24.3 Å². The van der Waals surface area contributed by atoms with Crippen molar-refractivity contribution in [2.45, 2.75) is 46.5 Å². The van der Waals surface area contributed by atoms with Gasteiger partial charge in [0, 0.05) is 12.7 Å². The second-order valence-corrected chi connectivity index (χ2v) is 3.80. The van der Waals surface area contributed by atoms with Crippen molar-refractivity contribution < 1.29 is 0 Å². The van der Waals surface area contributed by atoms with Crippen LogP contribution in [0.1, 0.15) is 50.6 Å². The summed E-state index contributed by atoms with van der Waals surface area (Å²) in [6.45, 7) is 8.85. The fourth-order valence-corrected chi connectivity index (χ4v) is 2.03. The van der Waals surface area contributed by atoms with E-state index < -0.39 is 0 Å². The molecule has 0 amide bonds. The first-order chi connectivity index (χ1) is 6.11. The summed E-state index contributed by atoms with van der Waals surface area (Å²) < 4.78 is 2.04. The van der Waals surface area contributed by atoms with Gasteiger partial charge in [-0.2, -0.15) is 5.10 Å². The van der Waals surface area contributed by atoms with Crippen molar-refractivity contribution in [1.29, 1.82) is 0 Å². The van der Waals surface area contributed by atoms with Crippen molar-refractivity contribution in [1.82, 2.24) is 9.78 Å². The molecule has 74 valence electrons. The molecule has 0 spiro atoms. The van der Waals surface area contributed by atoms with Gasteiger partial charge in [0.1, 0.15) is 0 Å². The number of hydrogen-bond acceptors (Lipinski definition) is 1. The topological polar surface area (TPSA) is 17.8 Å². The molecule has 0 bridgehead atoms. The Balaban J connectivity index is 3.22. The molecule has 0 fully saturated rings. The van der Waals surface area contributed by atoms with Crippen molar-refractivity contribution in [3.63, 3.8) is 0 Å². The van der Waals surface area contributed by atoms with Crippen LogP contribution in [0.5, 0.6) is 0 Å². The van der Waals surface area contributed by atoms with Gasteiger partial charge in [0.25, 0.3) is 0 Å². The molecule has 0 aliphatic carbocycles. The zero-order chi connectivity index (χ0) is 10.0. The molecule has 13 heavy (non-hydrogen) atoms. The van der Waals surface area contributed by atoms with Crippen molar-refractivity contribution >= 4 is 0 Å². The summed E-state index contributed by atoms with van der Waals surface area (Å²) in [5.74, 6) is 0.577. The maximum absolute atomic E-state index is 4.54. The molecular weight excluding hydrogens is 160 g/mol. The van der Waals surface area contributed by atoms with E-state index in [-0.39, 0.29) is 0 Å². The van der Waals surface area contributed by atoms with Gasteiger partial charge in [-0.25, -0.2) is 0 Å². The van der Waals surface area contributed by atoms with E-state index in [2.05, 4.69) is 32.8 Å². The van der Waals surface area contributed by atoms with Crippen molar-refractivity contribution in [3.8, 4) is 0 Å². The zero-order valence-corrected chi connectivity index (χ0v) is 9.39. The average molecular weight is 180 g/mol. The zero-order valence-electron chi connectivity index (χ0n) is 9.39. The molecule has 0 N–H and O–H groups in total. The SMILES string of the molecule is CCc1nn(C)c(C(C)C)c1CC. The predicted octanol–water partition coefficient (Wildman–Crippen LogP) is 2.67. The second-order valence-electron chi connectivity index (χ2n) is 3.80. The second kappa shape index (κ2) is 3.95. The Morgan fingerprint density at radius 2 is 1.85 bits per heavy atom. The van der Waals surface area contributed by atoms with Crippen molar-refractivity contribution in [2.24, 2.45) is 7.05 Å². The molecule has 0 aromatic carbocycles. The van der Waals surface area contributed by atoms with Gasteiger partial charge < -0.3 is 0 Å². The standard InChI is InChI=1S/C11H20N2/c1-6-9-10(7-2)12-13(5)11(9)8(3)4/h8H,6-7H2,1-5H3. The van der Waals surface area contributed by atoms with Crippen LogP contribution in [0.4, 0.5) is 0 Å². The monoisotopic (exact) mass is 180 g/mol. The van der Waals surface area contributed by atoms with Crippen LogP contribution in [0.25, 0.3) is 0 Å². The highest BCUT2D eigenvalue weighted by molar-refractivity contribution is 5.28. The summed E-state index contributed by atoms with van der Waals surface area (Å²) in [4.78, 5) is 0. The lowest BCUT2D eigenvalue weighted by atomic mass is 10.0. The quantitative estimate of drug-likeness (QED) is 0.699. The lowest BCUT2D eigenvalue weighted by molar-refractivity contribution is 0.659. The van der Waals surface area contributed by atoms with E-state index in [1.165, 1.54) is 17.0 Å². The number of aryl methyl sites for hydroxylation is 2. The molecule has 0 aliphatic heterocycles. The highest BCUT2D eigenvalue weighted by Gasteiger charge is 2.15. The smallest absolute Gasteiger partial charge is 0.0656 e. The third-order valence-corrected chi connectivity index (χ3v) is 2.51. The lowest BCUT2D eigenvalue weighted by Gasteiger charge is -2.08. The molecule has 0 unspecified atom stereocenters. The van der Waals surface area contributed by atoms with Gasteiger partial charge in [0.05, 0.1) is 5.69 Å². The summed E-state index contributed by atoms with van der Waals surface area (Å²) in [6.07, 6.45) is 2.15. The first-order valence-electron chi connectivity index (χ1n) is 5.16. The minimum absolute atomic E-state index is 0.577. The average Bonchev–Trinajstić information content (AvgIpc) is 2.41. The molecule has 0 atom stereocenters. The van der Waals surface area contributed by atoms with Crippen LogP contribution in [-0.2, 0) is 19.9 Å². The van der Waals surface area contributed by atoms with Crippen molar-refractivity contribution in [2.75, 3.05) is 0 Å². The minimum Gasteiger partial charge on any atom is -0.272 e. The van der Waals surface area contributed by atoms with Crippen molar-refractivity contribution in [3.05, 3.63) is 17.0 Å². The third kappa shape index (κ3) is 1.77. The molecule has 0 radical (unpaired) electrons. The van der Waals surface area contributed by atoms with E-state index in [1.54, 1.807) is 0 Å². The maximum Gasteiger partial charge on any atom is 0.0656 e. The minimum atomic E-state index is 0.577. The molecule has 2 heteroatoms. The number of nitrogens with zero attached hydrogens (tertiary/aromatic N) is 2. The highest BCUT2D eigenvalue weighted by atomic mass is 15.3. The van der Waals surface area contributed by atoms with E-state index in [4.69, 9.17) is 0 Å². The Labute approximate surface area is 81.0 Å². The normalized spacial score (nSPS) is 11.2. The molecule has 2 nitrogen and oxygen atoms in total. The van der Waals surface area contributed by atoms with Crippen LogP contribution >= 0.6 is 0 Å². The van der Waals surface area contributed by atoms with Crippen LogP contribution in [0.3, 0.4) is 0 Å².